The average Bonchev–Trinajstić information content (AvgIpc) is 2.94. The lowest BCUT2D eigenvalue weighted by Gasteiger charge is -1.93. The lowest BCUT2D eigenvalue weighted by molar-refractivity contribution is 0.417. The molecule has 2 aromatic heterocycles. The summed E-state index contributed by atoms with van der Waals surface area (Å²) in [6.45, 7) is 3.81. The topological polar surface area (TPSA) is 47.0 Å². The van der Waals surface area contributed by atoms with Crippen molar-refractivity contribution in [3.63, 3.8) is 0 Å². The van der Waals surface area contributed by atoms with Gasteiger partial charge in [0.1, 0.15) is 10.8 Å². The summed E-state index contributed by atoms with van der Waals surface area (Å²) < 4.78 is 5.14. The minimum atomic E-state index is 0.788. The maximum absolute atomic E-state index is 5.14. The summed E-state index contributed by atoms with van der Waals surface area (Å²) in [4.78, 5) is 1.11. The van der Waals surface area contributed by atoms with E-state index in [1.807, 2.05) is 11.4 Å². The molecule has 0 aliphatic rings. The molecule has 2 aromatic rings. The van der Waals surface area contributed by atoms with Gasteiger partial charge in [-0.05, 0) is 6.54 Å². The van der Waals surface area contributed by atoms with Gasteiger partial charge in [-0.15, -0.1) is 21.5 Å². The van der Waals surface area contributed by atoms with Crippen molar-refractivity contribution < 1.29 is 4.74 Å². The fourth-order valence-electron chi connectivity index (χ4n) is 1.19. The van der Waals surface area contributed by atoms with Gasteiger partial charge in [-0.1, -0.05) is 18.3 Å². The van der Waals surface area contributed by atoms with Crippen LogP contribution in [0.15, 0.2) is 11.4 Å². The van der Waals surface area contributed by atoms with Crippen LogP contribution in [0.3, 0.4) is 0 Å². The third kappa shape index (κ3) is 2.58. The third-order valence-corrected chi connectivity index (χ3v) is 4.02. The van der Waals surface area contributed by atoms with Crippen molar-refractivity contribution >= 4 is 22.7 Å². The highest BCUT2D eigenvalue weighted by Gasteiger charge is 2.09. The van der Waals surface area contributed by atoms with E-state index in [-0.39, 0.29) is 0 Å². The van der Waals surface area contributed by atoms with Crippen molar-refractivity contribution in [2.75, 3.05) is 13.7 Å². The first-order chi connectivity index (χ1) is 7.83. The van der Waals surface area contributed by atoms with E-state index in [4.69, 9.17) is 4.74 Å². The van der Waals surface area contributed by atoms with E-state index >= 15 is 0 Å². The van der Waals surface area contributed by atoms with E-state index in [9.17, 15) is 0 Å². The summed E-state index contributed by atoms with van der Waals surface area (Å²) in [6.07, 6.45) is 0. The molecule has 0 bridgehead atoms. The van der Waals surface area contributed by atoms with Crippen molar-refractivity contribution in [3.05, 3.63) is 16.5 Å². The summed E-state index contributed by atoms with van der Waals surface area (Å²) in [6, 6.07) is 1.99. The van der Waals surface area contributed by atoms with Crippen LogP contribution in [0.4, 0.5) is 0 Å². The Morgan fingerprint density at radius 1 is 1.44 bits per heavy atom. The van der Waals surface area contributed by atoms with Gasteiger partial charge in [0.05, 0.1) is 12.0 Å². The Bertz CT molecular complexity index is 452. The molecule has 0 amide bonds. The highest BCUT2D eigenvalue weighted by molar-refractivity contribution is 7.20. The monoisotopic (exact) mass is 255 g/mol. The second-order valence-electron chi connectivity index (χ2n) is 3.13. The van der Waals surface area contributed by atoms with Crippen LogP contribution in [0, 0.1) is 0 Å². The Balaban J connectivity index is 2.11. The number of aromatic nitrogens is 2. The molecular weight excluding hydrogens is 242 g/mol. The molecule has 4 nitrogen and oxygen atoms in total. The third-order valence-electron chi connectivity index (χ3n) is 2.01. The van der Waals surface area contributed by atoms with E-state index in [0.717, 1.165) is 33.7 Å². The Hall–Kier alpha value is -0.980. The molecule has 0 atom stereocenters. The van der Waals surface area contributed by atoms with Crippen molar-refractivity contribution in [1.29, 1.82) is 0 Å². The molecule has 0 spiro atoms. The number of nitrogens with zero attached hydrogens (tertiary/aromatic N) is 2. The molecule has 0 aliphatic carbocycles. The van der Waals surface area contributed by atoms with Crippen molar-refractivity contribution in [2.45, 2.75) is 13.5 Å². The van der Waals surface area contributed by atoms with Gasteiger partial charge in [-0.3, -0.25) is 0 Å². The largest absolute Gasteiger partial charge is 0.496 e. The molecule has 2 heterocycles. The first-order valence-electron chi connectivity index (χ1n) is 4.99. The maximum atomic E-state index is 5.14. The summed E-state index contributed by atoms with van der Waals surface area (Å²) in [5.41, 5.74) is 0. The van der Waals surface area contributed by atoms with Gasteiger partial charge in [0.2, 0.25) is 0 Å². The highest BCUT2D eigenvalue weighted by atomic mass is 32.1. The molecule has 0 saturated heterocycles. The van der Waals surface area contributed by atoms with Crippen LogP contribution in [0.2, 0.25) is 0 Å². The van der Waals surface area contributed by atoms with Gasteiger partial charge in [0, 0.05) is 18.0 Å². The van der Waals surface area contributed by atoms with Crippen LogP contribution in [0.1, 0.15) is 11.9 Å². The molecule has 0 radical (unpaired) electrons. The Kier molecular flexibility index (Phi) is 3.87. The smallest absolute Gasteiger partial charge is 0.157 e. The summed E-state index contributed by atoms with van der Waals surface area (Å²) >= 11 is 3.25. The second kappa shape index (κ2) is 5.38. The van der Waals surface area contributed by atoms with Crippen LogP contribution in [-0.2, 0) is 6.54 Å². The summed E-state index contributed by atoms with van der Waals surface area (Å²) in [7, 11) is 1.67. The van der Waals surface area contributed by atoms with Crippen molar-refractivity contribution in [1.82, 2.24) is 15.5 Å². The number of thiophene rings is 1. The normalized spacial score (nSPS) is 10.6. The molecule has 1 N–H and O–H groups in total. The number of hydrogen-bond donors (Lipinski definition) is 1. The minimum Gasteiger partial charge on any atom is -0.496 e. The van der Waals surface area contributed by atoms with E-state index in [2.05, 4.69) is 22.4 Å². The Morgan fingerprint density at radius 3 is 3.00 bits per heavy atom. The van der Waals surface area contributed by atoms with E-state index in [1.54, 1.807) is 29.8 Å². The SMILES string of the molecule is CCNCc1nnc(-c2cc(OC)cs2)s1. The molecule has 0 saturated carbocycles. The number of ether oxygens (including phenoxy) is 1. The lowest BCUT2D eigenvalue weighted by atomic mass is 10.5. The first-order valence-corrected chi connectivity index (χ1v) is 6.69. The molecule has 16 heavy (non-hydrogen) atoms. The standard InChI is InChI=1S/C10H13N3OS2/c1-3-11-5-9-12-13-10(16-9)8-4-7(14-2)6-15-8/h4,6,11H,3,5H2,1-2H3. The molecule has 86 valence electrons. The number of methoxy groups -OCH3 is 1. The maximum Gasteiger partial charge on any atom is 0.157 e. The fraction of sp³-hybridized carbons (Fsp3) is 0.400. The highest BCUT2D eigenvalue weighted by Crippen LogP contribution is 2.32. The number of hydrogen-bond acceptors (Lipinski definition) is 6. The molecule has 2 rings (SSSR count). The first kappa shape index (κ1) is 11.5. The Labute approximate surface area is 102 Å². The van der Waals surface area contributed by atoms with Gasteiger partial charge < -0.3 is 10.1 Å². The average molecular weight is 255 g/mol. The number of rotatable bonds is 5. The molecule has 0 unspecified atom stereocenters. The van der Waals surface area contributed by atoms with Gasteiger partial charge in [0.15, 0.2) is 5.01 Å². The van der Waals surface area contributed by atoms with Crippen molar-refractivity contribution in [3.8, 4) is 15.6 Å². The number of nitrogens with one attached hydrogen (secondary N) is 1. The van der Waals surface area contributed by atoms with Crippen LogP contribution >= 0.6 is 22.7 Å². The molecular formula is C10H13N3OS2. The predicted molar refractivity (Wildman–Crippen MR) is 67.2 cm³/mol. The minimum absolute atomic E-state index is 0.788. The molecule has 0 aromatic carbocycles. The molecule has 6 heteroatoms. The van der Waals surface area contributed by atoms with Gasteiger partial charge in [-0.2, -0.15) is 0 Å². The summed E-state index contributed by atoms with van der Waals surface area (Å²) in [5.74, 6) is 0.878. The lowest BCUT2D eigenvalue weighted by Crippen LogP contribution is -2.11. The van der Waals surface area contributed by atoms with Gasteiger partial charge in [0.25, 0.3) is 0 Å². The van der Waals surface area contributed by atoms with Gasteiger partial charge in [-0.25, -0.2) is 0 Å². The van der Waals surface area contributed by atoms with E-state index in [1.165, 1.54) is 0 Å². The van der Waals surface area contributed by atoms with E-state index < -0.39 is 0 Å². The predicted octanol–water partition coefficient (Wildman–Crippen LogP) is 2.38. The van der Waals surface area contributed by atoms with Gasteiger partial charge >= 0.3 is 0 Å². The van der Waals surface area contributed by atoms with Crippen LogP contribution in [0.25, 0.3) is 9.88 Å². The van der Waals surface area contributed by atoms with Crippen LogP contribution in [0.5, 0.6) is 5.75 Å². The Morgan fingerprint density at radius 2 is 2.31 bits per heavy atom. The quantitative estimate of drug-likeness (QED) is 0.891. The zero-order valence-corrected chi connectivity index (χ0v) is 10.8. The second-order valence-corrected chi connectivity index (χ2v) is 5.11. The zero-order valence-electron chi connectivity index (χ0n) is 9.19. The fourth-order valence-corrected chi connectivity index (χ4v) is 2.92. The van der Waals surface area contributed by atoms with E-state index in [0.29, 0.717) is 0 Å². The molecule has 0 fully saturated rings. The summed E-state index contributed by atoms with van der Waals surface area (Å²) in [5, 5.41) is 15.5. The van der Waals surface area contributed by atoms with Crippen LogP contribution < -0.4 is 10.1 Å². The van der Waals surface area contributed by atoms with Crippen LogP contribution in [-0.4, -0.2) is 23.9 Å². The zero-order chi connectivity index (χ0) is 11.4. The van der Waals surface area contributed by atoms with Crippen molar-refractivity contribution in [2.24, 2.45) is 0 Å². The molecule has 0 aliphatic heterocycles.